The second kappa shape index (κ2) is 6.98. The van der Waals surface area contributed by atoms with Crippen LogP contribution in [0.3, 0.4) is 0 Å². The Bertz CT molecular complexity index is 439. The van der Waals surface area contributed by atoms with Crippen LogP contribution in [-0.4, -0.2) is 11.2 Å². The SMILES string of the molecule is CCC(C)SP(N)(=O)NC(=O)Cc1ccccc1. The molecule has 4 nitrogen and oxygen atoms in total. The number of amides is 1. The normalized spacial score (nSPS) is 15.7. The van der Waals surface area contributed by atoms with Gasteiger partial charge in [0, 0.05) is 5.25 Å². The van der Waals surface area contributed by atoms with Crippen LogP contribution in [0.25, 0.3) is 0 Å². The van der Waals surface area contributed by atoms with Gasteiger partial charge in [-0.1, -0.05) is 55.6 Å². The van der Waals surface area contributed by atoms with Crippen LogP contribution < -0.4 is 10.6 Å². The molecule has 0 saturated carbocycles. The maximum Gasteiger partial charge on any atom is 0.289 e. The van der Waals surface area contributed by atoms with Crippen molar-refractivity contribution in [3.05, 3.63) is 35.9 Å². The molecule has 1 aromatic carbocycles. The minimum atomic E-state index is -3.14. The lowest BCUT2D eigenvalue weighted by atomic mass is 10.1. The molecule has 18 heavy (non-hydrogen) atoms. The molecule has 3 N–H and O–H groups in total. The lowest BCUT2D eigenvalue weighted by Gasteiger charge is -2.17. The van der Waals surface area contributed by atoms with Crippen molar-refractivity contribution in [2.45, 2.75) is 31.9 Å². The van der Waals surface area contributed by atoms with Gasteiger partial charge >= 0.3 is 0 Å². The highest BCUT2D eigenvalue weighted by Gasteiger charge is 2.22. The van der Waals surface area contributed by atoms with Gasteiger partial charge in [0.25, 0.3) is 6.65 Å². The molecule has 0 aliphatic carbocycles. The minimum Gasteiger partial charge on any atom is -0.287 e. The van der Waals surface area contributed by atoms with Gasteiger partial charge in [0.15, 0.2) is 0 Å². The lowest BCUT2D eigenvalue weighted by Crippen LogP contribution is -2.25. The van der Waals surface area contributed by atoms with Crippen molar-refractivity contribution in [3.8, 4) is 0 Å². The van der Waals surface area contributed by atoms with Crippen LogP contribution >= 0.6 is 18.0 Å². The molecule has 0 aromatic heterocycles. The Hall–Kier alpha value is -0.770. The molecule has 0 saturated heterocycles. The minimum absolute atomic E-state index is 0.165. The lowest BCUT2D eigenvalue weighted by molar-refractivity contribution is -0.118. The summed E-state index contributed by atoms with van der Waals surface area (Å²) in [4.78, 5) is 11.7. The number of hydrogen-bond donors (Lipinski definition) is 2. The van der Waals surface area contributed by atoms with E-state index >= 15 is 0 Å². The van der Waals surface area contributed by atoms with E-state index in [2.05, 4.69) is 5.09 Å². The molecular formula is C12H19N2O2PS. The first kappa shape index (κ1) is 15.3. The summed E-state index contributed by atoms with van der Waals surface area (Å²) >= 11 is 1.14. The van der Waals surface area contributed by atoms with E-state index in [1.54, 1.807) is 0 Å². The molecule has 0 heterocycles. The first-order valence-corrected chi connectivity index (χ1v) is 9.11. The molecule has 1 aromatic rings. The van der Waals surface area contributed by atoms with Crippen molar-refractivity contribution in [3.63, 3.8) is 0 Å². The second-order valence-corrected chi connectivity index (χ2v) is 8.81. The molecular weight excluding hydrogens is 267 g/mol. The van der Waals surface area contributed by atoms with E-state index in [0.29, 0.717) is 0 Å². The first-order valence-electron chi connectivity index (χ1n) is 5.85. The summed E-state index contributed by atoms with van der Waals surface area (Å²) in [5, 5.41) is 2.59. The average molecular weight is 286 g/mol. The van der Waals surface area contributed by atoms with E-state index in [4.69, 9.17) is 5.50 Å². The Morgan fingerprint density at radius 3 is 2.61 bits per heavy atom. The fourth-order valence-corrected chi connectivity index (χ4v) is 5.04. The summed E-state index contributed by atoms with van der Waals surface area (Å²) < 4.78 is 12.0. The highest BCUT2D eigenvalue weighted by Crippen LogP contribution is 2.50. The highest BCUT2D eigenvalue weighted by molar-refractivity contribution is 8.57. The van der Waals surface area contributed by atoms with E-state index in [9.17, 15) is 9.36 Å². The van der Waals surface area contributed by atoms with Gasteiger partial charge < -0.3 is 0 Å². The fraction of sp³-hybridized carbons (Fsp3) is 0.417. The van der Waals surface area contributed by atoms with Gasteiger partial charge in [-0.2, -0.15) is 0 Å². The smallest absolute Gasteiger partial charge is 0.287 e. The third kappa shape index (κ3) is 5.71. The number of benzene rings is 1. The average Bonchev–Trinajstić information content (AvgIpc) is 2.28. The summed E-state index contributed by atoms with van der Waals surface area (Å²) in [6.45, 7) is 0.786. The van der Waals surface area contributed by atoms with Crippen LogP contribution in [0.5, 0.6) is 0 Å². The Balaban J connectivity index is 2.52. The highest BCUT2D eigenvalue weighted by atomic mass is 32.7. The van der Waals surface area contributed by atoms with E-state index in [-0.39, 0.29) is 17.6 Å². The van der Waals surface area contributed by atoms with Gasteiger partial charge in [0.2, 0.25) is 5.91 Å². The third-order valence-corrected chi connectivity index (χ3v) is 6.26. The molecule has 1 rings (SSSR count). The predicted molar refractivity (Wildman–Crippen MR) is 77.4 cm³/mol. The standard InChI is InChI=1S/C12H19N2O2PS/c1-3-10(2)18-17(13,16)14-12(15)9-11-7-5-4-6-8-11/h4-8,10H,3,9H2,1-2H3,(H3,13,14,15,16). The van der Waals surface area contributed by atoms with Crippen LogP contribution in [0.2, 0.25) is 0 Å². The zero-order valence-electron chi connectivity index (χ0n) is 10.6. The Morgan fingerprint density at radius 1 is 1.44 bits per heavy atom. The molecule has 0 radical (unpaired) electrons. The summed E-state index contributed by atoms with van der Waals surface area (Å²) in [6, 6.07) is 9.30. The van der Waals surface area contributed by atoms with Gasteiger partial charge in [0.05, 0.1) is 6.42 Å². The van der Waals surface area contributed by atoms with Crippen LogP contribution in [0.4, 0.5) is 0 Å². The Labute approximate surface area is 112 Å². The Morgan fingerprint density at radius 2 is 2.06 bits per heavy atom. The van der Waals surface area contributed by atoms with E-state index in [0.717, 1.165) is 23.4 Å². The van der Waals surface area contributed by atoms with Gasteiger partial charge in [0.1, 0.15) is 0 Å². The van der Waals surface area contributed by atoms with Crippen molar-refractivity contribution in [1.82, 2.24) is 5.09 Å². The zero-order chi connectivity index (χ0) is 13.6. The molecule has 0 fully saturated rings. The molecule has 2 unspecified atom stereocenters. The molecule has 6 heteroatoms. The van der Waals surface area contributed by atoms with E-state index in [1.807, 2.05) is 44.2 Å². The predicted octanol–water partition coefficient (Wildman–Crippen LogP) is 2.94. The van der Waals surface area contributed by atoms with Crippen molar-refractivity contribution < 1.29 is 9.36 Å². The van der Waals surface area contributed by atoms with Crippen molar-refractivity contribution in [1.29, 1.82) is 0 Å². The monoisotopic (exact) mass is 286 g/mol. The molecule has 0 aliphatic heterocycles. The summed E-state index contributed by atoms with van der Waals surface area (Å²) in [6.07, 6.45) is 1.06. The number of carbonyl (C=O) groups excluding carboxylic acids is 1. The Kier molecular flexibility index (Phi) is 5.93. The number of nitrogens with two attached hydrogens (primary N) is 1. The fourth-order valence-electron chi connectivity index (χ4n) is 1.36. The molecule has 1 amide bonds. The van der Waals surface area contributed by atoms with Gasteiger partial charge in [-0.15, -0.1) is 0 Å². The van der Waals surface area contributed by atoms with Gasteiger partial charge in [-0.3, -0.25) is 20.0 Å². The zero-order valence-corrected chi connectivity index (χ0v) is 12.3. The number of carbonyl (C=O) groups is 1. The molecule has 100 valence electrons. The number of nitrogens with one attached hydrogen (secondary N) is 1. The quantitative estimate of drug-likeness (QED) is 0.789. The van der Waals surface area contributed by atoms with Crippen molar-refractivity contribution in [2.24, 2.45) is 5.50 Å². The summed E-state index contributed by atoms with van der Waals surface area (Å²) in [7, 11) is 0. The van der Waals surface area contributed by atoms with Crippen LogP contribution in [0, 0.1) is 0 Å². The number of hydrogen-bond acceptors (Lipinski definition) is 3. The van der Waals surface area contributed by atoms with Gasteiger partial charge in [-0.05, 0) is 12.0 Å². The first-order chi connectivity index (χ1) is 8.43. The third-order valence-electron chi connectivity index (χ3n) is 2.40. The molecule has 0 bridgehead atoms. The molecule has 0 spiro atoms. The largest absolute Gasteiger partial charge is 0.289 e. The van der Waals surface area contributed by atoms with E-state index < -0.39 is 6.65 Å². The maximum absolute atomic E-state index is 12.0. The molecule has 2 atom stereocenters. The van der Waals surface area contributed by atoms with Crippen LogP contribution in [-0.2, 0) is 15.8 Å². The van der Waals surface area contributed by atoms with Crippen molar-refractivity contribution >= 4 is 23.9 Å². The number of rotatable bonds is 6. The van der Waals surface area contributed by atoms with Gasteiger partial charge in [-0.25, -0.2) is 0 Å². The van der Waals surface area contributed by atoms with Crippen LogP contribution in [0.15, 0.2) is 30.3 Å². The summed E-state index contributed by atoms with van der Waals surface area (Å²) in [5.41, 5.74) is 6.51. The maximum atomic E-state index is 12.0. The van der Waals surface area contributed by atoms with Crippen molar-refractivity contribution in [2.75, 3.05) is 0 Å². The second-order valence-electron chi connectivity index (χ2n) is 4.12. The summed E-state index contributed by atoms with van der Waals surface area (Å²) in [5.74, 6) is -0.303. The van der Waals surface area contributed by atoms with Crippen LogP contribution in [0.1, 0.15) is 25.8 Å². The topological polar surface area (TPSA) is 72.2 Å². The van der Waals surface area contributed by atoms with E-state index in [1.165, 1.54) is 0 Å². The molecule has 0 aliphatic rings.